The van der Waals surface area contributed by atoms with Gasteiger partial charge in [-0.1, -0.05) is 25.4 Å². The van der Waals surface area contributed by atoms with Crippen LogP contribution >= 0.6 is 23.8 Å². The van der Waals surface area contributed by atoms with Gasteiger partial charge >= 0.3 is 0 Å². The molecule has 2 rings (SSSR count). The number of benzene rings is 1. The smallest absolute Gasteiger partial charge is 0.243 e. The van der Waals surface area contributed by atoms with E-state index in [1.165, 1.54) is 4.31 Å². The van der Waals surface area contributed by atoms with E-state index in [1.807, 2.05) is 4.90 Å². The summed E-state index contributed by atoms with van der Waals surface area (Å²) in [5.41, 5.74) is 0. The molecule has 23 heavy (non-hydrogen) atoms. The van der Waals surface area contributed by atoms with Crippen molar-refractivity contribution in [3.05, 3.63) is 29.3 Å². The van der Waals surface area contributed by atoms with Crippen LogP contribution in [0.25, 0.3) is 0 Å². The summed E-state index contributed by atoms with van der Waals surface area (Å²) >= 11 is 11.2. The molecule has 0 unspecified atom stereocenters. The van der Waals surface area contributed by atoms with Crippen molar-refractivity contribution in [3.8, 4) is 0 Å². The van der Waals surface area contributed by atoms with Crippen molar-refractivity contribution in [1.82, 2.24) is 14.5 Å². The minimum atomic E-state index is -3.47. The largest absolute Gasteiger partial charge is 0.362 e. The number of nitrogens with zero attached hydrogens (tertiary/aromatic N) is 2. The lowest BCUT2D eigenvalue weighted by atomic mass is 10.2. The molecular weight excluding hydrogens is 354 g/mol. The number of hydrogen-bond donors (Lipinski definition) is 1. The Balaban J connectivity index is 1.95. The molecule has 1 aliphatic heterocycles. The Kier molecular flexibility index (Phi) is 6.25. The summed E-state index contributed by atoms with van der Waals surface area (Å²) in [4.78, 5) is 2.29. The van der Waals surface area contributed by atoms with Crippen molar-refractivity contribution in [1.29, 1.82) is 0 Å². The second-order valence-corrected chi connectivity index (χ2v) is 8.69. The first-order valence-electron chi connectivity index (χ1n) is 7.59. The van der Waals surface area contributed by atoms with Crippen LogP contribution in [0.3, 0.4) is 0 Å². The van der Waals surface area contributed by atoms with E-state index in [0.717, 1.165) is 6.54 Å². The number of sulfonamides is 1. The topological polar surface area (TPSA) is 52.6 Å². The lowest BCUT2D eigenvalue weighted by Crippen LogP contribution is -2.53. The second kappa shape index (κ2) is 7.79. The zero-order valence-corrected chi connectivity index (χ0v) is 15.7. The molecule has 0 amide bonds. The first-order valence-corrected chi connectivity index (χ1v) is 9.82. The second-order valence-electron chi connectivity index (χ2n) is 5.92. The van der Waals surface area contributed by atoms with Gasteiger partial charge in [-0.25, -0.2) is 8.42 Å². The van der Waals surface area contributed by atoms with Crippen LogP contribution in [0.4, 0.5) is 0 Å². The molecular formula is C15H22ClN3O2S2. The van der Waals surface area contributed by atoms with Crippen LogP contribution in [0.5, 0.6) is 0 Å². The van der Waals surface area contributed by atoms with Gasteiger partial charge in [0.1, 0.15) is 0 Å². The van der Waals surface area contributed by atoms with Crippen molar-refractivity contribution in [2.75, 3.05) is 32.7 Å². The SMILES string of the molecule is CC(C)CNC(=S)N1CCN(S(=O)(=O)c2ccc(Cl)cc2)CC1. The van der Waals surface area contributed by atoms with E-state index in [-0.39, 0.29) is 4.90 Å². The first-order chi connectivity index (χ1) is 10.8. The van der Waals surface area contributed by atoms with Gasteiger partial charge in [0.05, 0.1) is 4.90 Å². The third-order valence-corrected chi connectivity index (χ3v) is 6.21. The normalized spacial score (nSPS) is 16.6. The fourth-order valence-corrected chi connectivity index (χ4v) is 4.10. The Labute approximate surface area is 148 Å². The Morgan fingerprint density at radius 2 is 1.78 bits per heavy atom. The Hall–Kier alpha value is -0.890. The highest BCUT2D eigenvalue weighted by Gasteiger charge is 2.29. The molecule has 0 bridgehead atoms. The van der Waals surface area contributed by atoms with Gasteiger partial charge in [-0.3, -0.25) is 0 Å². The Bertz CT molecular complexity index is 639. The lowest BCUT2D eigenvalue weighted by molar-refractivity contribution is 0.263. The van der Waals surface area contributed by atoms with Crippen molar-refractivity contribution in [2.24, 2.45) is 5.92 Å². The van der Waals surface area contributed by atoms with Gasteiger partial charge in [0.2, 0.25) is 10.0 Å². The molecule has 0 aromatic heterocycles. The molecule has 1 saturated heterocycles. The van der Waals surface area contributed by atoms with Crippen molar-refractivity contribution in [2.45, 2.75) is 18.7 Å². The number of piperazine rings is 1. The Morgan fingerprint density at radius 3 is 2.30 bits per heavy atom. The van der Waals surface area contributed by atoms with E-state index in [0.29, 0.717) is 42.2 Å². The number of thiocarbonyl (C=S) groups is 1. The molecule has 8 heteroatoms. The summed E-state index contributed by atoms with van der Waals surface area (Å²) in [6, 6.07) is 6.27. The van der Waals surface area contributed by atoms with Gasteiger partial charge < -0.3 is 10.2 Å². The molecule has 128 valence electrons. The summed E-state index contributed by atoms with van der Waals surface area (Å²) in [6.45, 7) is 7.09. The van der Waals surface area contributed by atoms with Gasteiger partial charge in [0.25, 0.3) is 0 Å². The Morgan fingerprint density at radius 1 is 1.22 bits per heavy atom. The molecule has 1 fully saturated rings. The zero-order chi connectivity index (χ0) is 17.0. The molecule has 0 spiro atoms. The number of hydrogen-bond acceptors (Lipinski definition) is 3. The molecule has 1 aromatic rings. The maximum absolute atomic E-state index is 12.6. The average molecular weight is 376 g/mol. The van der Waals surface area contributed by atoms with E-state index >= 15 is 0 Å². The highest BCUT2D eigenvalue weighted by atomic mass is 35.5. The van der Waals surface area contributed by atoms with Gasteiger partial charge in [-0.15, -0.1) is 0 Å². The molecule has 1 aliphatic rings. The first kappa shape index (κ1) is 18.4. The molecule has 1 heterocycles. The van der Waals surface area contributed by atoms with Gasteiger partial charge in [0.15, 0.2) is 5.11 Å². The van der Waals surface area contributed by atoms with Crippen LogP contribution in [0.15, 0.2) is 29.2 Å². The van der Waals surface area contributed by atoms with Crippen LogP contribution in [-0.2, 0) is 10.0 Å². The fourth-order valence-electron chi connectivity index (χ4n) is 2.29. The van der Waals surface area contributed by atoms with Crippen molar-refractivity contribution >= 4 is 39.0 Å². The van der Waals surface area contributed by atoms with Crippen LogP contribution in [-0.4, -0.2) is 55.5 Å². The maximum atomic E-state index is 12.6. The third kappa shape index (κ3) is 4.79. The summed E-state index contributed by atoms with van der Waals surface area (Å²) in [7, 11) is -3.47. The van der Waals surface area contributed by atoms with Crippen molar-refractivity contribution < 1.29 is 8.42 Å². The predicted molar refractivity (Wildman–Crippen MR) is 97.2 cm³/mol. The summed E-state index contributed by atoms with van der Waals surface area (Å²) in [6.07, 6.45) is 0. The highest BCUT2D eigenvalue weighted by molar-refractivity contribution is 7.89. The van der Waals surface area contributed by atoms with Crippen LogP contribution in [0.2, 0.25) is 5.02 Å². The number of rotatable bonds is 4. The average Bonchev–Trinajstić information content (AvgIpc) is 2.53. The summed E-state index contributed by atoms with van der Waals surface area (Å²) in [5, 5.41) is 4.44. The van der Waals surface area contributed by atoms with Crippen LogP contribution in [0, 0.1) is 5.92 Å². The van der Waals surface area contributed by atoms with Crippen molar-refractivity contribution in [3.63, 3.8) is 0 Å². The van der Waals surface area contributed by atoms with E-state index in [9.17, 15) is 8.42 Å². The third-order valence-electron chi connectivity index (χ3n) is 3.64. The lowest BCUT2D eigenvalue weighted by Gasteiger charge is -2.35. The minimum Gasteiger partial charge on any atom is -0.362 e. The molecule has 1 aromatic carbocycles. The van der Waals surface area contributed by atoms with Crippen LogP contribution in [0.1, 0.15) is 13.8 Å². The predicted octanol–water partition coefficient (Wildman–Crippen LogP) is 2.18. The molecule has 0 radical (unpaired) electrons. The summed E-state index contributed by atoms with van der Waals surface area (Å²) < 4.78 is 26.7. The number of nitrogens with one attached hydrogen (secondary N) is 1. The summed E-state index contributed by atoms with van der Waals surface area (Å²) in [5.74, 6) is 0.513. The minimum absolute atomic E-state index is 0.274. The monoisotopic (exact) mass is 375 g/mol. The van der Waals surface area contributed by atoms with Crippen LogP contribution < -0.4 is 5.32 Å². The van der Waals surface area contributed by atoms with E-state index < -0.39 is 10.0 Å². The quantitative estimate of drug-likeness (QED) is 0.817. The van der Waals surface area contributed by atoms with Gasteiger partial charge in [0, 0.05) is 37.7 Å². The molecule has 0 saturated carbocycles. The zero-order valence-electron chi connectivity index (χ0n) is 13.3. The van der Waals surface area contributed by atoms with Gasteiger partial charge in [-0.05, 0) is 42.4 Å². The van der Waals surface area contributed by atoms with E-state index in [2.05, 4.69) is 19.2 Å². The molecule has 5 nitrogen and oxygen atoms in total. The van der Waals surface area contributed by atoms with Gasteiger partial charge in [-0.2, -0.15) is 4.31 Å². The number of halogens is 1. The molecule has 0 aliphatic carbocycles. The molecule has 1 N–H and O–H groups in total. The fraction of sp³-hybridized carbons (Fsp3) is 0.533. The molecule has 0 atom stereocenters. The maximum Gasteiger partial charge on any atom is 0.243 e. The highest BCUT2D eigenvalue weighted by Crippen LogP contribution is 2.19. The van der Waals surface area contributed by atoms with E-state index in [1.54, 1.807) is 24.3 Å². The standard InChI is InChI=1S/C15H22ClN3O2S2/c1-12(2)11-17-15(22)18-7-9-19(10-8-18)23(20,21)14-5-3-13(16)4-6-14/h3-6,12H,7-11H2,1-2H3,(H,17,22). The van der Waals surface area contributed by atoms with E-state index in [4.69, 9.17) is 23.8 Å².